The molecule has 30 heavy (non-hydrogen) atoms. The lowest BCUT2D eigenvalue weighted by Crippen LogP contribution is -2.38. The van der Waals surface area contributed by atoms with E-state index in [4.69, 9.17) is 9.26 Å². The molecule has 2 aromatic rings. The number of imidazole rings is 1. The molecule has 0 saturated carbocycles. The van der Waals surface area contributed by atoms with Crippen molar-refractivity contribution in [1.29, 1.82) is 0 Å². The molecule has 0 spiro atoms. The minimum absolute atomic E-state index is 0.124. The first-order valence-electron chi connectivity index (χ1n) is 9.93. The molecule has 0 amide bonds. The highest BCUT2D eigenvalue weighted by Gasteiger charge is 2.48. The first-order valence-corrected chi connectivity index (χ1v) is 11.6. The van der Waals surface area contributed by atoms with Crippen LogP contribution in [0.2, 0.25) is 0 Å². The fraction of sp³-hybridized carbons (Fsp3) is 0.722. The average Bonchev–Trinajstić information content (AvgIpc) is 3.23. The Morgan fingerprint density at radius 3 is 2.63 bits per heavy atom. The Morgan fingerprint density at radius 1 is 1.33 bits per heavy atom. The first kappa shape index (κ1) is 23.1. The predicted molar refractivity (Wildman–Crippen MR) is 110 cm³/mol. The van der Waals surface area contributed by atoms with Crippen LogP contribution in [-0.2, 0) is 13.8 Å². The molecule has 0 bridgehead atoms. The SMILES string of the molecule is CCC(C)(CC1OC(n2cnc3c(NC)ncnc32)C(O)C1O)OP(=O)(O)C(C)C. The predicted octanol–water partition coefficient (Wildman–Crippen LogP) is 1.66. The lowest BCUT2D eigenvalue weighted by molar-refractivity contribution is -0.0653. The molecule has 0 aliphatic carbocycles. The van der Waals surface area contributed by atoms with Gasteiger partial charge in [0.1, 0.15) is 24.1 Å². The van der Waals surface area contributed by atoms with E-state index in [-0.39, 0.29) is 6.42 Å². The van der Waals surface area contributed by atoms with Gasteiger partial charge in [-0.05, 0) is 13.3 Å². The number of aromatic nitrogens is 4. The summed E-state index contributed by atoms with van der Waals surface area (Å²) in [6, 6.07) is 0. The van der Waals surface area contributed by atoms with Crippen molar-refractivity contribution in [2.45, 2.75) is 76.3 Å². The largest absolute Gasteiger partial charge is 0.388 e. The van der Waals surface area contributed by atoms with Gasteiger partial charge >= 0.3 is 7.60 Å². The van der Waals surface area contributed by atoms with Crippen LogP contribution >= 0.6 is 7.60 Å². The molecule has 6 unspecified atom stereocenters. The van der Waals surface area contributed by atoms with Crippen LogP contribution < -0.4 is 5.32 Å². The highest BCUT2D eigenvalue weighted by atomic mass is 31.2. The van der Waals surface area contributed by atoms with Gasteiger partial charge in [-0.3, -0.25) is 9.13 Å². The van der Waals surface area contributed by atoms with Crippen LogP contribution in [-0.4, -0.2) is 71.2 Å². The fourth-order valence-electron chi connectivity index (χ4n) is 3.44. The molecule has 0 aromatic carbocycles. The quantitative estimate of drug-likeness (QED) is 0.443. The van der Waals surface area contributed by atoms with Crippen molar-refractivity contribution in [2.75, 3.05) is 12.4 Å². The van der Waals surface area contributed by atoms with E-state index in [2.05, 4.69) is 20.3 Å². The monoisotopic (exact) mass is 443 g/mol. The summed E-state index contributed by atoms with van der Waals surface area (Å²) in [5, 5.41) is 24.2. The Morgan fingerprint density at radius 2 is 2.03 bits per heavy atom. The van der Waals surface area contributed by atoms with E-state index in [0.717, 1.165) is 0 Å². The number of nitrogens with one attached hydrogen (secondary N) is 1. The number of rotatable bonds is 8. The van der Waals surface area contributed by atoms with Crippen LogP contribution in [0.15, 0.2) is 12.7 Å². The number of anilines is 1. The summed E-state index contributed by atoms with van der Waals surface area (Å²) < 4.78 is 25.5. The van der Waals surface area contributed by atoms with Gasteiger partial charge < -0.3 is 29.7 Å². The second-order valence-corrected chi connectivity index (χ2v) is 10.4. The van der Waals surface area contributed by atoms with Crippen molar-refractivity contribution in [3.05, 3.63) is 12.7 Å². The molecule has 1 aliphatic rings. The summed E-state index contributed by atoms with van der Waals surface area (Å²) in [7, 11) is -2.13. The van der Waals surface area contributed by atoms with Crippen molar-refractivity contribution < 1.29 is 28.9 Å². The Hall–Kier alpha value is -1.62. The highest BCUT2D eigenvalue weighted by molar-refractivity contribution is 7.53. The summed E-state index contributed by atoms with van der Waals surface area (Å²) in [5.74, 6) is 0.530. The Bertz CT molecular complexity index is 939. The lowest BCUT2D eigenvalue weighted by Gasteiger charge is -2.34. The maximum atomic E-state index is 12.4. The number of fused-ring (bicyclic) bond motifs is 1. The smallest absolute Gasteiger partial charge is 0.331 e. The van der Waals surface area contributed by atoms with Gasteiger partial charge in [-0.2, -0.15) is 0 Å². The van der Waals surface area contributed by atoms with E-state index < -0.39 is 43.4 Å². The van der Waals surface area contributed by atoms with Crippen LogP contribution in [0.5, 0.6) is 0 Å². The van der Waals surface area contributed by atoms with Crippen LogP contribution in [0.1, 0.15) is 46.8 Å². The molecule has 1 aliphatic heterocycles. The lowest BCUT2D eigenvalue weighted by atomic mass is 9.93. The van der Waals surface area contributed by atoms with E-state index >= 15 is 0 Å². The zero-order valence-electron chi connectivity index (χ0n) is 17.8. The molecule has 12 heteroatoms. The van der Waals surface area contributed by atoms with Gasteiger partial charge in [0.05, 0.1) is 23.7 Å². The van der Waals surface area contributed by atoms with Gasteiger partial charge in [-0.25, -0.2) is 15.0 Å². The zero-order valence-corrected chi connectivity index (χ0v) is 18.7. The molecule has 3 heterocycles. The van der Waals surface area contributed by atoms with Crippen molar-refractivity contribution in [3.8, 4) is 0 Å². The summed E-state index contributed by atoms with van der Waals surface area (Å²) in [5.41, 5.74) is -0.628. The Labute approximate surface area is 175 Å². The van der Waals surface area contributed by atoms with Gasteiger partial charge in [0.15, 0.2) is 17.7 Å². The third-order valence-electron chi connectivity index (χ3n) is 5.59. The van der Waals surface area contributed by atoms with Crippen molar-refractivity contribution >= 4 is 24.6 Å². The van der Waals surface area contributed by atoms with Gasteiger partial charge in [-0.1, -0.05) is 20.8 Å². The fourth-order valence-corrected chi connectivity index (χ4v) is 4.49. The number of hydrogen-bond acceptors (Lipinski definition) is 9. The minimum atomic E-state index is -3.84. The Balaban J connectivity index is 1.84. The van der Waals surface area contributed by atoms with Crippen LogP contribution in [0, 0.1) is 0 Å². The molecule has 168 valence electrons. The van der Waals surface area contributed by atoms with Gasteiger partial charge in [0, 0.05) is 13.5 Å². The third kappa shape index (κ3) is 4.23. The molecule has 11 nitrogen and oxygen atoms in total. The van der Waals surface area contributed by atoms with E-state index in [0.29, 0.717) is 23.4 Å². The van der Waals surface area contributed by atoms with E-state index in [1.807, 2.05) is 6.92 Å². The maximum Gasteiger partial charge on any atom is 0.331 e. The second-order valence-electron chi connectivity index (χ2n) is 8.10. The molecular weight excluding hydrogens is 413 g/mol. The summed E-state index contributed by atoms with van der Waals surface area (Å²) in [6.07, 6.45) is -0.819. The van der Waals surface area contributed by atoms with Crippen molar-refractivity contribution in [2.24, 2.45) is 0 Å². The van der Waals surface area contributed by atoms with Crippen molar-refractivity contribution in [3.63, 3.8) is 0 Å². The van der Waals surface area contributed by atoms with Crippen molar-refractivity contribution in [1.82, 2.24) is 19.5 Å². The Kier molecular flexibility index (Phi) is 6.52. The number of hydrogen-bond donors (Lipinski definition) is 4. The minimum Gasteiger partial charge on any atom is -0.388 e. The molecule has 6 atom stereocenters. The van der Waals surface area contributed by atoms with E-state index in [1.165, 1.54) is 12.7 Å². The van der Waals surface area contributed by atoms with Gasteiger partial charge in [0.2, 0.25) is 0 Å². The van der Waals surface area contributed by atoms with Crippen LogP contribution in [0.25, 0.3) is 11.2 Å². The molecule has 1 saturated heterocycles. The van der Waals surface area contributed by atoms with E-state index in [1.54, 1.807) is 32.4 Å². The second kappa shape index (κ2) is 8.49. The third-order valence-corrected chi connectivity index (χ3v) is 7.60. The van der Waals surface area contributed by atoms with Gasteiger partial charge in [0.25, 0.3) is 0 Å². The molecule has 2 aromatic heterocycles. The summed E-state index contributed by atoms with van der Waals surface area (Å²) in [6.45, 7) is 6.76. The number of aliphatic hydroxyl groups is 2. The number of nitrogens with zero attached hydrogens (tertiary/aromatic N) is 4. The van der Waals surface area contributed by atoms with Gasteiger partial charge in [-0.15, -0.1) is 0 Å². The molecule has 0 radical (unpaired) electrons. The standard InChI is InChI=1S/C18H30N5O6P/c1-6-18(4,29-30(26,27)10(2)3)7-11-13(24)14(25)17(28-11)23-9-22-12-15(19-5)20-8-21-16(12)23/h8-11,13-14,17,24-25H,6-7H2,1-5H3,(H,26,27)(H,19,20,21). The summed E-state index contributed by atoms with van der Waals surface area (Å²) >= 11 is 0. The first-order chi connectivity index (χ1) is 14.0. The zero-order chi connectivity index (χ0) is 22.3. The molecule has 1 fully saturated rings. The average molecular weight is 443 g/mol. The van der Waals surface area contributed by atoms with Crippen LogP contribution in [0.4, 0.5) is 5.82 Å². The molecule has 3 rings (SSSR count). The number of ether oxygens (including phenoxy) is 1. The molecular formula is C18H30N5O6P. The molecule has 4 N–H and O–H groups in total. The highest BCUT2D eigenvalue weighted by Crippen LogP contribution is 2.52. The topological polar surface area (TPSA) is 152 Å². The van der Waals surface area contributed by atoms with E-state index in [9.17, 15) is 19.7 Å². The normalized spacial score (nSPS) is 28.6. The maximum absolute atomic E-state index is 12.4. The van der Waals surface area contributed by atoms with Crippen LogP contribution in [0.3, 0.4) is 0 Å². The number of aliphatic hydroxyl groups excluding tert-OH is 2. The summed E-state index contributed by atoms with van der Waals surface area (Å²) in [4.78, 5) is 22.8.